The van der Waals surface area contributed by atoms with Gasteiger partial charge in [0.05, 0.1) is 62.3 Å². The number of rotatable bonds is 6. The highest BCUT2D eigenvalue weighted by atomic mass is 19.4. The molecule has 2 aromatic heterocycles. The highest BCUT2D eigenvalue weighted by molar-refractivity contribution is 6.13. The summed E-state index contributed by atoms with van der Waals surface area (Å²) in [5.74, 6) is 0. The Kier molecular flexibility index (Phi) is 9.01. The van der Waals surface area contributed by atoms with E-state index in [1.54, 1.807) is 12.1 Å². The van der Waals surface area contributed by atoms with Crippen LogP contribution in [0.25, 0.3) is 99.5 Å². The van der Waals surface area contributed by atoms with Crippen LogP contribution in [0.5, 0.6) is 0 Å². The fourth-order valence-corrected chi connectivity index (χ4v) is 9.31. The molecule has 64 heavy (non-hydrogen) atoms. The third-order valence-electron chi connectivity index (χ3n) is 12.2. The minimum absolute atomic E-state index is 0.0388. The number of alkyl halides is 3. The lowest BCUT2D eigenvalue weighted by molar-refractivity contribution is -0.137. The first-order valence-corrected chi connectivity index (χ1v) is 20.8. The summed E-state index contributed by atoms with van der Waals surface area (Å²) < 4.78 is 49.0. The van der Waals surface area contributed by atoms with E-state index in [4.69, 9.17) is 0 Å². The lowest BCUT2D eigenvalue weighted by Crippen LogP contribution is -2.08. The molecule has 0 aliphatic carbocycles. The van der Waals surface area contributed by atoms with Gasteiger partial charge in [-0.05, 0) is 100 Å². The van der Waals surface area contributed by atoms with Crippen molar-refractivity contribution in [3.05, 3.63) is 217 Å². The van der Waals surface area contributed by atoms with E-state index < -0.39 is 11.7 Å². The zero-order valence-corrected chi connectivity index (χ0v) is 34.0. The molecule has 0 N–H and O–H groups in total. The Morgan fingerprint density at radius 1 is 0.344 bits per heavy atom. The van der Waals surface area contributed by atoms with Crippen LogP contribution in [-0.4, -0.2) is 9.13 Å². The average Bonchev–Trinajstić information content (AvgIpc) is 3.86. The van der Waals surface area contributed by atoms with Gasteiger partial charge in [0.25, 0.3) is 0 Å². The second kappa shape index (κ2) is 15.1. The Bertz CT molecular complexity index is 3730. The van der Waals surface area contributed by atoms with Crippen molar-refractivity contribution in [2.75, 3.05) is 0 Å². The standard InChI is InChI=1S/C57H33F3N4/c58-57(59,60)50-29-36(34-61)19-24-43(50)42-21-26-47(56(33-42)64-52-18-10-8-16-45(52)49-32-41(23-28-54(49)64)39-13-5-2-6-14-39)46-25-20-37(35-62)30-55(46)63-51-17-9-7-15-44(51)48-31-40(22-27-53(48)63)38-11-3-1-4-12-38/h1-33H. The SMILES string of the molecule is N#Cc1ccc(-c2ccc(-c3ccc(C#N)cc3C(F)(F)F)cc2-n2c3ccccc3c3cc(-c4ccccc4)ccc32)c(-n2c3ccccc3c3cc(-c4ccccc4)ccc32)c1. The van der Waals surface area contributed by atoms with Crippen molar-refractivity contribution in [3.8, 4) is 68.0 Å². The molecule has 0 saturated heterocycles. The average molecular weight is 831 g/mol. The van der Waals surface area contributed by atoms with E-state index in [0.717, 1.165) is 88.7 Å². The Hall–Kier alpha value is -8.65. The summed E-state index contributed by atoms with van der Waals surface area (Å²) in [6.07, 6.45) is -4.72. The van der Waals surface area contributed by atoms with Crippen LogP contribution in [0.2, 0.25) is 0 Å². The third kappa shape index (κ3) is 6.30. The predicted octanol–water partition coefficient (Wildman–Crippen LogP) is 15.3. The van der Waals surface area contributed by atoms with Gasteiger partial charge in [0, 0.05) is 32.7 Å². The number of nitrogens with zero attached hydrogens (tertiary/aromatic N) is 4. The molecule has 0 saturated carbocycles. The van der Waals surface area contributed by atoms with Crippen molar-refractivity contribution >= 4 is 43.6 Å². The first kappa shape index (κ1) is 38.3. The van der Waals surface area contributed by atoms with E-state index in [-0.39, 0.29) is 11.1 Å². The third-order valence-corrected chi connectivity index (χ3v) is 12.2. The van der Waals surface area contributed by atoms with Crippen molar-refractivity contribution in [1.29, 1.82) is 10.5 Å². The number of benzene rings is 9. The molecule has 11 rings (SSSR count). The van der Waals surface area contributed by atoms with Gasteiger partial charge in [0.1, 0.15) is 0 Å². The molecule has 0 amide bonds. The zero-order chi connectivity index (χ0) is 43.5. The molecular weight excluding hydrogens is 798 g/mol. The molecular formula is C57H33F3N4. The van der Waals surface area contributed by atoms with Crippen molar-refractivity contribution in [2.24, 2.45) is 0 Å². The van der Waals surface area contributed by atoms with Gasteiger partial charge in [-0.2, -0.15) is 23.7 Å². The lowest BCUT2D eigenvalue weighted by atomic mass is 9.93. The number of aromatic nitrogens is 2. The minimum Gasteiger partial charge on any atom is -0.309 e. The van der Waals surface area contributed by atoms with Crippen LogP contribution in [0.4, 0.5) is 13.2 Å². The first-order chi connectivity index (χ1) is 31.3. The molecule has 0 spiro atoms. The minimum atomic E-state index is -4.72. The van der Waals surface area contributed by atoms with E-state index in [1.165, 1.54) is 12.1 Å². The van der Waals surface area contributed by atoms with Crippen LogP contribution in [0, 0.1) is 22.7 Å². The molecule has 302 valence electrons. The largest absolute Gasteiger partial charge is 0.417 e. The molecule has 2 heterocycles. The Morgan fingerprint density at radius 3 is 1.28 bits per heavy atom. The monoisotopic (exact) mass is 830 g/mol. The Balaban J connectivity index is 1.23. The topological polar surface area (TPSA) is 57.4 Å². The van der Waals surface area contributed by atoms with E-state index in [0.29, 0.717) is 16.8 Å². The van der Waals surface area contributed by atoms with Gasteiger partial charge < -0.3 is 9.13 Å². The van der Waals surface area contributed by atoms with Gasteiger partial charge in [-0.15, -0.1) is 0 Å². The number of nitriles is 2. The summed E-state index contributed by atoms with van der Waals surface area (Å²) >= 11 is 0. The first-order valence-electron chi connectivity index (χ1n) is 20.8. The zero-order valence-electron chi connectivity index (χ0n) is 34.0. The van der Waals surface area contributed by atoms with Crippen molar-refractivity contribution in [3.63, 3.8) is 0 Å². The summed E-state index contributed by atoms with van der Waals surface area (Å²) in [5, 5.41) is 24.0. The number of halogens is 3. The highest BCUT2D eigenvalue weighted by Gasteiger charge is 2.34. The highest BCUT2D eigenvalue weighted by Crippen LogP contribution is 2.45. The molecule has 11 aromatic rings. The quantitative estimate of drug-likeness (QED) is 0.168. The Labute approximate surface area is 366 Å². The number of fused-ring (bicyclic) bond motifs is 6. The van der Waals surface area contributed by atoms with Gasteiger partial charge in [0.15, 0.2) is 0 Å². The van der Waals surface area contributed by atoms with Gasteiger partial charge in [0.2, 0.25) is 0 Å². The van der Waals surface area contributed by atoms with Crippen LogP contribution in [0.15, 0.2) is 200 Å². The molecule has 0 aliphatic rings. The maximum Gasteiger partial charge on any atom is 0.417 e. The second-order valence-corrected chi connectivity index (χ2v) is 15.8. The summed E-state index contributed by atoms with van der Waals surface area (Å²) in [6.45, 7) is 0. The fraction of sp³-hybridized carbons (Fsp3) is 0.0175. The molecule has 0 radical (unpaired) electrons. The lowest BCUT2D eigenvalue weighted by Gasteiger charge is -2.21. The molecule has 0 bridgehead atoms. The van der Waals surface area contributed by atoms with Gasteiger partial charge in [-0.25, -0.2) is 0 Å². The van der Waals surface area contributed by atoms with E-state index in [9.17, 15) is 23.7 Å². The Morgan fingerprint density at radius 2 is 0.766 bits per heavy atom. The molecule has 0 fully saturated rings. The van der Waals surface area contributed by atoms with Crippen LogP contribution in [0.1, 0.15) is 16.7 Å². The maximum absolute atomic E-state index is 14.9. The smallest absolute Gasteiger partial charge is 0.309 e. The van der Waals surface area contributed by atoms with E-state index >= 15 is 0 Å². The van der Waals surface area contributed by atoms with Gasteiger partial charge in [-0.1, -0.05) is 133 Å². The van der Waals surface area contributed by atoms with E-state index in [1.807, 2.05) is 97.1 Å². The van der Waals surface area contributed by atoms with Crippen LogP contribution in [0.3, 0.4) is 0 Å². The van der Waals surface area contributed by atoms with Gasteiger partial charge >= 0.3 is 6.18 Å². The van der Waals surface area contributed by atoms with Crippen molar-refractivity contribution < 1.29 is 13.2 Å². The summed E-state index contributed by atoms with van der Waals surface area (Å²) in [6, 6.07) is 68.4. The fourth-order valence-electron chi connectivity index (χ4n) is 9.31. The van der Waals surface area contributed by atoms with E-state index in [2.05, 4.69) is 94.1 Å². The number of para-hydroxylation sites is 2. The van der Waals surface area contributed by atoms with Crippen LogP contribution < -0.4 is 0 Å². The normalized spacial score (nSPS) is 11.6. The number of hydrogen-bond acceptors (Lipinski definition) is 2. The van der Waals surface area contributed by atoms with Crippen molar-refractivity contribution in [1.82, 2.24) is 9.13 Å². The maximum atomic E-state index is 14.9. The van der Waals surface area contributed by atoms with Crippen LogP contribution >= 0.6 is 0 Å². The number of hydrogen-bond donors (Lipinski definition) is 0. The molecule has 7 heteroatoms. The second-order valence-electron chi connectivity index (χ2n) is 15.8. The molecule has 4 nitrogen and oxygen atoms in total. The molecule has 0 aliphatic heterocycles. The van der Waals surface area contributed by atoms with Gasteiger partial charge in [-0.3, -0.25) is 0 Å². The van der Waals surface area contributed by atoms with Crippen molar-refractivity contribution in [2.45, 2.75) is 6.18 Å². The van der Waals surface area contributed by atoms with Crippen LogP contribution in [-0.2, 0) is 6.18 Å². The molecule has 0 unspecified atom stereocenters. The summed E-state index contributed by atoms with van der Waals surface area (Å²) in [5.41, 5.74) is 10.6. The predicted molar refractivity (Wildman–Crippen MR) is 251 cm³/mol. The summed E-state index contributed by atoms with van der Waals surface area (Å²) in [4.78, 5) is 0. The molecule has 9 aromatic carbocycles. The summed E-state index contributed by atoms with van der Waals surface area (Å²) in [7, 11) is 0. The molecule has 0 atom stereocenters.